The fraction of sp³-hybridized carbons (Fsp3) is 0.932. The molecule has 0 heterocycles. The fourth-order valence-corrected chi connectivity index (χ4v) is 10.2. The van der Waals surface area contributed by atoms with Gasteiger partial charge in [-0.15, -0.1) is 0 Å². The van der Waals surface area contributed by atoms with E-state index in [0.717, 1.165) is 115 Å². The van der Waals surface area contributed by atoms with E-state index in [4.69, 9.17) is 37.0 Å². The minimum absolute atomic E-state index is 0.106. The molecule has 0 aromatic rings. The molecule has 0 saturated carbocycles. The van der Waals surface area contributed by atoms with Crippen LogP contribution in [0.5, 0.6) is 0 Å². The van der Waals surface area contributed by atoms with Crippen LogP contribution in [-0.2, 0) is 65.4 Å². The topological polar surface area (TPSA) is 237 Å². The molecular weight excluding hydrogens is 1040 g/mol. The predicted molar refractivity (Wildman–Crippen MR) is 308 cm³/mol. The molecule has 6 atom stereocenters. The summed E-state index contributed by atoms with van der Waals surface area (Å²) in [7, 11) is -9.87. The van der Waals surface area contributed by atoms with Crippen molar-refractivity contribution in [3.63, 3.8) is 0 Å². The monoisotopic (exact) mass is 1160 g/mol. The summed E-state index contributed by atoms with van der Waals surface area (Å²) in [6.45, 7) is 7.06. The lowest BCUT2D eigenvalue weighted by Gasteiger charge is -2.21. The number of hydrogen-bond acceptors (Lipinski definition) is 15. The number of esters is 4. The first-order valence-corrected chi connectivity index (χ1v) is 34.2. The van der Waals surface area contributed by atoms with Crippen LogP contribution in [0.4, 0.5) is 0 Å². The number of hydrogen-bond donors (Lipinski definition) is 3. The summed E-state index contributed by atoms with van der Waals surface area (Å²) in [5.74, 6) is -1.41. The molecule has 0 rings (SSSR count). The zero-order chi connectivity index (χ0) is 57.8. The van der Waals surface area contributed by atoms with Gasteiger partial charge in [0, 0.05) is 25.7 Å². The number of aliphatic hydroxyl groups excluding tert-OH is 1. The average molecular weight is 1160 g/mol. The van der Waals surface area contributed by atoms with Crippen molar-refractivity contribution in [2.24, 2.45) is 5.92 Å². The van der Waals surface area contributed by atoms with Gasteiger partial charge in [0.05, 0.1) is 26.4 Å². The molecule has 17 nitrogen and oxygen atoms in total. The van der Waals surface area contributed by atoms with Crippen molar-refractivity contribution in [1.29, 1.82) is 0 Å². The highest BCUT2D eigenvalue weighted by Gasteiger charge is 2.30. The minimum Gasteiger partial charge on any atom is -0.462 e. The van der Waals surface area contributed by atoms with Crippen molar-refractivity contribution < 1.29 is 80.2 Å². The number of phosphoric acid groups is 2. The molecule has 462 valence electrons. The second-order valence-electron chi connectivity index (χ2n) is 21.6. The maximum absolute atomic E-state index is 12.9. The van der Waals surface area contributed by atoms with E-state index >= 15 is 0 Å². The van der Waals surface area contributed by atoms with Crippen molar-refractivity contribution in [3.05, 3.63) is 0 Å². The van der Waals surface area contributed by atoms with Gasteiger partial charge in [0.1, 0.15) is 19.3 Å². The van der Waals surface area contributed by atoms with Crippen LogP contribution in [0.3, 0.4) is 0 Å². The van der Waals surface area contributed by atoms with Gasteiger partial charge in [-0.2, -0.15) is 0 Å². The van der Waals surface area contributed by atoms with Crippen LogP contribution in [0.2, 0.25) is 0 Å². The number of carbonyl (C=O) groups is 4. The van der Waals surface area contributed by atoms with Crippen LogP contribution in [-0.4, -0.2) is 96.7 Å². The van der Waals surface area contributed by atoms with Gasteiger partial charge in [-0.25, -0.2) is 9.13 Å². The zero-order valence-electron chi connectivity index (χ0n) is 49.8. The highest BCUT2D eigenvalue weighted by Crippen LogP contribution is 2.45. The van der Waals surface area contributed by atoms with Crippen molar-refractivity contribution in [3.8, 4) is 0 Å². The highest BCUT2D eigenvalue weighted by molar-refractivity contribution is 7.47. The van der Waals surface area contributed by atoms with E-state index in [-0.39, 0.29) is 25.7 Å². The van der Waals surface area contributed by atoms with Gasteiger partial charge in [0.15, 0.2) is 12.2 Å². The van der Waals surface area contributed by atoms with E-state index in [2.05, 4.69) is 34.6 Å². The van der Waals surface area contributed by atoms with Gasteiger partial charge < -0.3 is 33.8 Å². The predicted octanol–water partition coefficient (Wildman–Crippen LogP) is 15.8. The van der Waals surface area contributed by atoms with Crippen LogP contribution < -0.4 is 0 Å². The second-order valence-corrected chi connectivity index (χ2v) is 24.5. The van der Waals surface area contributed by atoms with Gasteiger partial charge in [-0.3, -0.25) is 37.3 Å². The van der Waals surface area contributed by atoms with Gasteiger partial charge in [-0.1, -0.05) is 240 Å². The van der Waals surface area contributed by atoms with E-state index in [9.17, 15) is 43.2 Å². The molecule has 78 heavy (non-hydrogen) atoms. The normalized spacial score (nSPS) is 14.7. The third-order valence-corrected chi connectivity index (χ3v) is 15.8. The van der Waals surface area contributed by atoms with Crippen LogP contribution in [0.1, 0.15) is 291 Å². The number of aliphatic hydroxyl groups is 1. The summed E-state index contributed by atoms with van der Waals surface area (Å²) in [4.78, 5) is 71.8. The number of phosphoric ester groups is 2. The largest absolute Gasteiger partial charge is 0.472 e. The molecule has 0 aliphatic carbocycles. The third-order valence-electron chi connectivity index (χ3n) is 13.9. The smallest absolute Gasteiger partial charge is 0.462 e. The second kappa shape index (κ2) is 53.1. The van der Waals surface area contributed by atoms with Crippen LogP contribution in [0.15, 0.2) is 0 Å². The van der Waals surface area contributed by atoms with Crippen LogP contribution >= 0.6 is 15.6 Å². The Morgan fingerprint density at radius 3 is 0.910 bits per heavy atom. The maximum atomic E-state index is 12.9. The van der Waals surface area contributed by atoms with Crippen molar-refractivity contribution in [2.45, 2.75) is 310 Å². The molecule has 0 aliphatic heterocycles. The van der Waals surface area contributed by atoms with E-state index in [1.807, 2.05) is 0 Å². The Labute approximate surface area is 473 Å². The Morgan fingerprint density at radius 1 is 0.359 bits per heavy atom. The van der Waals surface area contributed by atoms with Gasteiger partial charge in [0.2, 0.25) is 0 Å². The molecule has 0 aromatic carbocycles. The molecule has 0 fully saturated rings. The van der Waals surface area contributed by atoms with E-state index in [0.29, 0.717) is 25.7 Å². The molecule has 0 spiro atoms. The molecule has 0 radical (unpaired) electrons. The van der Waals surface area contributed by atoms with Crippen molar-refractivity contribution in [1.82, 2.24) is 0 Å². The Morgan fingerprint density at radius 2 is 0.615 bits per heavy atom. The lowest BCUT2D eigenvalue weighted by molar-refractivity contribution is -0.161. The summed E-state index contributed by atoms with van der Waals surface area (Å²) in [6.07, 6.45) is 34.9. The Bertz CT molecular complexity index is 1540. The molecule has 0 bridgehead atoms. The Balaban J connectivity index is 5.22. The fourth-order valence-electron chi connectivity index (χ4n) is 8.67. The molecule has 3 unspecified atom stereocenters. The quantitative estimate of drug-likeness (QED) is 0.0222. The van der Waals surface area contributed by atoms with Crippen LogP contribution in [0, 0.1) is 5.92 Å². The number of carbonyl (C=O) groups excluding carboxylic acids is 4. The summed E-state index contributed by atoms with van der Waals surface area (Å²) in [5, 5.41) is 10.5. The molecule has 3 N–H and O–H groups in total. The summed E-state index contributed by atoms with van der Waals surface area (Å²) >= 11 is 0. The van der Waals surface area contributed by atoms with Gasteiger partial charge in [0.25, 0.3) is 0 Å². The number of unbranched alkanes of at least 4 members (excludes halogenated alkanes) is 30. The van der Waals surface area contributed by atoms with Crippen LogP contribution in [0.25, 0.3) is 0 Å². The Kier molecular flexibility index (Phi) is 51.8. The molecular formula is C59H114O17P2. The first-order chi connectivity index (χ1) is 37.6. The van der Waals surface area contributed by atoms with Gasteiger partial charge in [-0.05, 0) is 31.6 Å². The number of rotatable bonds is 59. The minimum atomic E-state index is -4.94. The number of ether oxygens (including phenoxy) is 4. The van der Waals surface area contributed by atoms with E-state index in [1.54, 1.807) is 0 Å². The van der Waals surface area contributed by atoms with Gasteiger partial charge >= 0.3 is 39.5 Å². The summed E-state index contributed by atoms with van der Waals surface area (Å²) < 4.78 is 67.7. The average Bonchev–Trinajstić information content (AvgIpc) is 3.41. The molecule has 0 amide bonds. The SMILES string of the molecule is CCCCCCCCCCCCCC(=O)O[C@H](COC(=O)CCCCCCCCC(C)CC)COP(=O)(O)OC[C@@H](O)COP(=O)(O)OC[C@@H](COC(=O)CCCCCCCCC)OC(=O)CCCCCCCCCCCC. The first kappa shape index (κ1) is 76.1. The van der Waals surface area contributed by atoms with Crippen molar-refractivity contribution >= 4 is 39.5 Å². The zero-order valence-corrected chi connectivity index (χ0v) is 51.6. The van der Waals surface area contributed by atoms with E-state index < -0.39 is 97.5 Å². The molecule has 0 aliphatic rings. The standard InChI is InChI=1S/C59H114O17P2/c1-6-10-13-16-19-21-23-25-28-35-40-45-59(64)76-55(49-70-57(62)43-38-33-30-29-31-36-41-52(5)9-4)51-74-78(67,68)72-47-53(60)46-71-77(65,66)73-50-54(48-69-56(61)42-37-32-26-18-15-12-8-3)75-58(63)44-39-34-27-24-22-20-17-14-11-7-2/h52-55,60H,6-51H2,1-5H3,(H,65,66)(H,67,68)/t52?,53-,54+,55+/m0/s1. The summed E-state index contributed by atoms with van der Waals surface area (Å²) in [5.41, 5.74) is 0. The van der Waals surface area contributed by atoms with E-state index in [1.165, 1.54) is 96.3 Å². The maximum Gasteiger partial charge on any atom is 0.472 e. The lowest BCUT2D eigenvalue weighted by Crippen LogP contribution is -2.30. The lowest BCUT2D eigenvalue weighted by atomic mass is 10.00. The molecule has 19 heteroatoms. The summed E-state index contributed by atoms with van der Waals surface area (Å²) in [6, 6.07) is 0. The first-order valence-electron chi connectivity index (χ1n) is 31.2. The third kappa shape index (κ3) is 52.2. The van der Waals surface area contributed by atoms with Crippen molar-refractivity contribution in [2.75, 3.05) is 39.6 Å². The highest BCUT2D eigenvalue weighted by atomic mass is 31.2. The molecule has 0 aromatic heterocycles. The Hall–Kier alpha value is -1.94. The molecule has 0 saturated heterocycles.